The zero-order valence-electron chi connectivity index (χ0n) is 17.7. The summed E-state index contributed by atoms with van der Waals surface area (Å²) in [7, 11) is 0. The van der Waals surface area contributed by atoms with Crippen LogP contribution in [-0.2, 0) is 22.4 Å². The van der Waals surface area contributed by atoms with Crippen LogP contribution in [0.25, 0.3) is 10.9 Å². The summed E-state index contributed by atoms with van der Waals surface area (Å²) in [6, 6.07) is 9.82. The average Bonchev–Trinajstić information content (AvgIpc) is 3.08. The Morgan fingerprint density at radius 3 is 2.87 bits per heavy atom. The number of nitriles is 1. The maximum Gasteiger partial charge on any atom is 0.340 e. The molecule has 1 N–H and O–H groups in total. The van der Waals surface area contributed by atoms with E-state index in [9.17, 15) is 14.9 Å². The molecular weight excluding hydrogens is 410 g/mol. The fraction of sp³-hybridized carbons (Fsp3) is 0.333. The highest BCUT2D eigenvalue weighted by Crippen LogP contribution is 2.39. The van der Waals surface area contributed by atoms with Gasteiger partial charge in [-0.05, 0) is 56.2 Å². The Bertz CT molecular complexity index is 1240. The molecule has 4 rings (SSSR count). The molecule has 31 heavy (non-hydrogen) atoms. The number of anilines is 1. The number of nitrogens with one attached hydrogen (secondary N) is 1. The van der Waals surface area contributed by atoms with Gasteiger partial charge in [-0.15, -0.1) is 11.3 Å². The van der Waals surface area contributed by atoms with Gasteiger partial charge < -0.3 is 10.1 Å². The number of hydrogen-bond donors (Lipinski definition) is 1. The summed E-state index contributed by atoms with van der Waals surface area (Å²) in [5, 5.41) is 13.8. The van der Waals surface area contributed by atoms with Crippen molar-refractivity contribution in [3.63, 3.8) is 0 Å². The van der Waals surface area contributed by atoms with Crippen molar-refractivity contribution >= 4 is 39.1 Å². The highest BCUT2D eigenvalue weighted by Gasteiger charge is 2.25. The topological polar surface area (TPSA) is 92.1 Å². The molecule has 1 aliphatic rings. The van der Waals surface area contributed by atoms with Gasteiger partial charge >= 0.3 is 5.97 Å². The molecule has 0 saturated carbocycles. The van der Waals surface area contributed by atoms with Gasteiger partial charge in [0.15, 0.2) is 6.61 Å². The number of pyridine rings is 1. The number of carbonyl (C=O) groups is 2. The number of rotatable bonds is 4. The third kappa shape index (κ3) is 4.04. The largest absolute Gasteiger partial charge is 0.452 e. The highest BCUT2D eigenvalue weighted by atomic mass is 32.1. The Kier molecular flexibility index (Phi) is 5.75. The third-order valence-electron chi connectivity index (χ3n) is 5.75. The molecule has 158 valence electrons. The van der Waals surface area contributed by atoms with Gasteiger partial charge in [-0.3, -0.25) is 9.78 Å². The highest BCUT2D eigenvalue weighted by molar-refractivity contribution is 7.16. The first-order valence-corrected chi connectivity index (χ1v) is 11.1. The number of carbonyl (C=O) groups excluding carboxylic acids is 2. The van der Waals surface area contributed by atoms with E-state index < -0.39 is 18.5 Å². The first-order chi connectivity index (χ1) is 14.9. The van der Waals surface area contributed by atoms with Crippen LogP contribution in [0.1, 0.15) is 51.0 Å². The van der Waals surface area contributed by atoms with Gasteiger partial charge in [-0.1, -0.05) is 25.1 Å². The number of hydrogen-bond acceptors (Lipinski definition) is 6. The smallest absolute Gasteiger partial charge is 0.340 e. The van der Waals surface area contributed by atoms with Crippen molar-refractivity contribution in [1.82, 2.24) is 4.98 Å². The first kappa shape index (κ1) is 21.0. The fourth-order valence-electron chi connectivity index (χ4n) is 4.15. The van der Waals surface area contributed by atoms with E-state index in [0.29, 0.717) is 27.7 Å². The number of thiophene rings is 1. The number of aryl methyl sites for hydroxylation is 2. The molecule has 1 amide bonds. The molecule has 0 radical (unpaired) electrons. The predicted octanol–water partition coefficient (Wildman–Crippen LogP) is 4.71. The van der Waals surface area contributed by atoms with Crippen molar-refractivity contribution < 1.29 is 14.3 Å². The Hall–Kier alpha value is -3.24. The molecule has 0 saturated heterocycles. The quantitative estimate of drug-likeness (QED) is 0.602. The zero-order valence-corrected chi connectivity index (χ0v) is 18.6. The van der Waals surface area contributed by atoms with E-state index in [2.05, 4.69) is 23.3 Å². The van der Waals surface area contributed by atoms with Crippen molar-refractivity contribution in [2.24, 2.45) is 5.92 Å². The molecule has 6 nitrogen and oxygen atoms in total. The minimum absolute atomic E-state index is 0.379. The third-order valence-corrected chi connectivity index (χ3v) is 6.92. The second-order valence-electron chi connectivity index (χ2n) is 8.01. The fourth-order valence-corrected chi connectivity index (χ4v) is 5.53. The van der Waals surface area contributed by atoms with Gasteiger partial charge in [0.2, 0.25) is 0 Å². The number of amides is 1. The molecular formula is C24H23N3O3S. The first-order valence-electron chi connectivity index (χ1n) is 10.3. The van der Waals surface area contributed by atoms with Crippen LogP contribution >= 0.6 is 11.3 Å². The van der Waals surface area contributed by atoms with Crippen LogP contribution in [0.4, 0.5) is 5.00 Å². The van der Waals surface area contributed by atoms with E-state index in [4.69, 9.17) is 4.74 Å². The summed E-state index contributed by atoms with van der Waals surface area (Å²) < 4.78 is 5.30. The number of fused-ring (bicyclic) bond motifs is 2. The maximum atomic E-state index is 12.7. The molecule has 0 bridgehead atoms. The maximum absolute atomic E-state index is 12.7. The second kappa shape index (κ2) is 8.48. The van der Waals surface area contributed by atoms with Crippen LogP contribution in [0.3, 0.4) is 0 Å². The van der Waals surface area contributed by atoms with E-state index in [-0.39, 0.29) is 0 Å². The number of benzene rings is 1. The number of ether oxygens (including phenoxy) is 1. The number of nitrogens with zero attached hydrogens (tertiary/aromatic N) is 2. The lowest BCUT2D eigenvalue weighted by Crippen LogP contribution is -2.22. The minimum Gasteiger partial charge on any atom is -0.452 e. The summed E-state index contributed by atoms with van der Waals surface area (Å²) in [4.78, 5) is 30.8. The van der Waals surface area contributed by atoms with Crippen molar-refractivity contribution in [1.29, 1.82) is 5.26 Å². The lowest BCUT2D eigenvalue weighted by molar-refractivity contribution is -0.119. The molecule has 7 heteroatoms. The summed E-state index contributed by atoms with van der Waals surface area (Å²) in [6.07, 6.45) is 2.82. The van der Waals surface area contributed by atoms with Crippen molar-refractivity contribution in [3.8, 4) is 6.07 Å². The molecule has 0 aliphatic heterocycles. The van der Waals surface area contributed by atoms with Crippen LogP contribution in [0.2, 0.25) is 0 Å². The van der Waals surface area contributed by atoms with Gasteiger partial charge in [0, 0.05) is 10.3 Å². The zero-order chi connectivity index (χ0) is 22.1. The van der Waals surface area contributed by atoms with Crippen molar-refractivity contribution in [2.75, 3.05) is 11.9 Å². The van der Waals surface area contributed by atoms with Crippen LogP contribution < -0.4 is 5.32 Å². The lowest BCUT2D eigenvalue weighted by Gasteiger charge is -2.17. The van der Waals surface area contributed by atoms with Crippen LogP contribution in [0, 0.1) is 31.1 Å². The van der Waals surface area contributed by atoms with Gasteiger partial charge in [-0.25, -0.2) is 4.79 Å². The Labute approximate surface area is 184 Å². The van der Waals surface area contributed by atoms with E-state index >= 15 is 0 Å². The van der Waals surface area contributed by atoms with Crippen LogP contribution in [-0.4, -0.2) is 23.5 Å². The number of esters is 1. The Balaban J connectivity index is 1.47. The van der Waals surface area contributed by atoms with Gasteiger partial charge in [0.05, 0.1) is 22.3 Å². The molecule has 1 aliphatic carbocycles. The van der Waals surface area contributed by atoms with E-state index in [1.54, 1.807) is 6.92 Å². The van der Waals surface area contributed by atoms with Gasteiger partial charge in [0.1, 0.15) is 11.1 Å². The van der Waals surface area contributed by atoms with Gasteiger partial charge in [0.25, 0.3) is 5.91 Å². The summed E-state index contributed by atoms with van der Waals surface area (Å²) >= 11 is 1.45. The Morgan fingerprint density at radius 1 is 1.32 bits per heavy atom. The SMILES string of the molecule is Cc1nc2ccccc2c(C)c1C(=O)OCC(=O)Nc1sc2c(c1C#N)CCC(C)C2. The molecule has 2 heterocycles. The average molecular weight is 434 g/mol. The van der Waals surface area contributed by atoms with Crippen LogP contribution in [0.5, 0.6) is 0 Å². The van der Waals surface area contributed by atoms with Crippen molar-refractivity contribution in [2.45, 2.75) is 40.0 Å². The summed E-state index contributed by atoms with van der Waals surface area (Å²) in [5.74, 6) is -0.465. The summed E-state index contributed by atoms with van der Waals surface area (Å²) in [6.45, 7) is 5.38. The van der Waals surface area contributed by atoms with Crippen molar-refractivity contribution in [3.05, 3.63) is 57.1 Å². The molecule has 2 aromatic heterocycles. The normalized spacial score (nSPS) is 15.2. The molecule has 3 aromatic rings. The molecule has 1 aromatic carbocycles. The van der Waals surface area contributed by atoms with E-state index in [0.717, 1.165) is 46.2 Å². The summed E-state index contributed by atoms with van der Waals surface area (Å²) in [5.41, 5.74) is 4.12. The van der Waals surface area contributed by atoms with E-state index in [1.165, 1.54) is 11.3 Å². The number of aromatic nitrogens is 1. The standard InChI is InChI=1S/C24H23N3O3S/c1-13-8-9-17-18(11-25)23(31-20(17)10-13)27-21(28)12-30-24(29)22-14(2)16-6-4-5-7-19(16)26-15(22)3/h4-7,13H,8-10,12H2,1-3H3,(H,27,28). The second-order valence-corrected chi connectivity index (χ2v) is 9.11. The lowest BCUT2D eigenvalue weighted by atomic mass is 9.89. The predicted molar refractivity (Wildman–Crippen MR) is 120 cm³/mol. The van der Waals surface area contributed by atoms with E-state index in [1.807, 2.05) is 31.2 Å². The molecule has 0 spiro atoms. The molecule has 0 fully saturated rings. The minimum atomic E-state index is -0.580. The molecule has 1 atom stereocenters. The number of para-hydroxylation sites is 1. The Morgan fingerprint density at radius 2 is 2.10 bits per heavy atom. The molecule has 1 unspecified atom stereocenters. The van der Waals surface area contributed by atoms with Gasteiger partial charge in [-0.2, -0.15) is 5.26 Å². The monoisotopic (exact) mass is 433 g/mol. The van der Waals surface area contributed by atoms with Crippen LogP contribution in [0.15, 0.2) is 24.3 Å².